The first kappa shape index (κ1) is 11.8. The number of hydrogen-bond donors (Lipinski definition) is 1. The first-order chi connectivity index (χ1) is 7.10. The molecule has 1 aromatic rings. The number of rotatable bonds is 3. The molecule has 1 heterocycles. The van der Waals surface area contributed by atoms with Gasteiger partial charge in [-0.3, -0.25) is 0 Å². The summed E-state index contributed by atoms with van der Waals surface area (Å²) in [6.45, 7) is 5.51. The zero-order chi connectivity index (χ0) is 11.4. The van der Waals surface area contributed by atoms with E-state index < -0.39 is 0 Å². The largest absolute Gasteiger partial charge is 0.465 e. The summed E-state index contributed by atoms with van der Waals surface area (Å²) in [6, 6.07) is 0. The van der Waals surface area contributed by atoms with Crippen LogP contribution in [0, 0.1) is 6.92 Å². The van der Waals surface area contributed by atoms with E-state index in [1.54, 1.807) is 12.3 Å². The van der Waals surface area contributed by atoms with Crippen LogP contribution in [0.1, 0.15) is 21.6 Å². The van der Waals surface area contributed by atoms with Crippen molar-refractivity contribution in [2.24, 2.45) is 0 Å². The van der Waals surface area contributed by atoms with Gasteiger partial charge >= 0.3 is 5.97 Å². The smallest absolute Gasteiger partial charge is 0.340 e. The highest BCUT2D eigenvalue weighted by Gasteiger charge is 2.13. The molecule has 0 fully saturated rings. The van der Waals surface area contributed by atoms with Gasteiger partial charge in [0, 0.05) is 21.9 Å². The fraction of sp³-hybridized carbons (Fsp3) is 0.182. The lowest BCUT2D eigenvalue weighted by Crippen LogP contribution is -2.01. The summed E-state index contributed by atoms with van der Waals surface area (Å²) in [6.07, 6.45) is 5.12. The Labute approximate surface area is 97.0 Å². The molecule has 1 N–H and O–H groups in total. The van der Waals surface area contributed by atoms with Crippen LogP contribution in [0.5, 0.6) is 0 Å². The predicted molar refractivity (Wildman–Crippen MR) is 64.0 cm³/mol. The fourth-order valence-corrected chi connectivity index (χ4v) is 1.43. The van der Waals surface area contributed by atoms with Gasteiger partial charge in [-0.15, -0.1) is 0 Å². The molecule has 80 valence electrons. The summed E-state index contributed by atoms with van der Waals surface area (Å²) in [5.41, 5.74) is 2.25. The Balaban J connectivity index is 3.21. The lowest BCUT2D eigenvalue weighted by molar-refractivity contribution is 0.0600. The van der Waals surface area contributed by atoms with Crippen molar-refractivity contribution in [2.45, 2.75) is 6.92 Å². The van der Waals surface area contributed by atoms with Gasteiger partial charge in [0.05, 0.1) is 12.7 Å². The molecule has 15 heavy (non-hydrogen) atoms. The van der Waals surface area contributed by atoms with Crippen molar-refractivity contribution >= 4 is 28.0 Å². The summed E-state index contributed by atoms with van der Waals surface area (Å²) in [5, 5.41) is 0. The monoisotopic (exact) mass is 269 g/mol. The molecule has 4 heteroatoms. The van der Waals surface area contributed by atoms with Gasteiger partial charge in [-0.2, -0.15) is 0 Å². The summed E-state index contributed by atoms with van der Waals surface area (Å²) in [4.78, 5) is 14.4. The minimum Gasteiger partial charge on any atom is -0.465 e. The van der Waals surface area contributed by atoms with E-state index in [2.05, 4.69) is 32.2 Å². The van der Waals surface area contributed by atoms with Crippen LogP contribution in [0.25, 0.3) is 6.08 Å². The zero-order valence-corrected chi connectivity index (χ0v) is 10.2. The lowest BCUT2D eigenvalue weighted by Gasteiger charge is -1.99. The van der Waals surface area contributed by atoms with Crippen molar-refractivity contribution in [3.63, 3.8) is 0 Å². The van der Waals surface area contributed by atoms with Crippen LogP contribution in [-0.4, -0.2) is 18.1 Å². The predicted octanol–water partition coefficient (Wildman–Crippen LogP) is 3.03. The van der Waals surface area contributed by atoms with Gasteiger partial charge in [0.25, 0.3) is 0 Å². The van der Waals surface area contributed by atoms with Gasteiger partial charge in [0.2, 0.25) is 0 Å². The van der Waals surface area contributed by atoms with Crippen LogP contribution in [0.2, 0.25) is 0 Å². The van der Waals surface area contributed by atoms with Gasteiger partial charge in [-0.05, 0) is 13.0 Å². The van der Waals surface area contributed by atoms with Crippen LogP contribution >= 0.6 is 15.9 Å². The van der Waals surface area contributed by atoms with E-state index in [9.17, 15) is 4.79 Å². The van der Waals surface area contributed by atoms with Crippen molar-refractivity contribution in [1.82, 2.24) is 4.98 Å². The van der Waals surface area contributed by atoms with Crippen LogP contribution in [0.15, 0.2) is 23.3 Å². The van der Waals surface area contributed by atoms with Crippen molar-refractivity contribution in [3.05, 3.63) is 40.2 Å². The third kappa shape index (κ3) is 2.59. The number of aryl methyl sites for hydroxylation is 1. The number of halogens is 1. The molecule has 1 rings (SSSR count). The topological polar surface area (TPSA) is 42.1 Å². The molecule has 0 bridgehead atoms. The number of hydrogen-bond acceptors (Lipinski definition) is 2. The van der Waals surface area contributed by atoms with Crippen LogP contribution in [0.3, 0.4) is 0 Å². The van der Waals surface area contributed by atoms with E-state index in [-0.39, 0.29) is 5.97 Å². The maximum Gasteiger partial charge on any atom is 0.340 e. The maximum atomic E-state index is 11.4. The second-order valence-electron chi connectivity index (χ2n) is 2.97. The van der Waals surface area contributed by atoms with Crippen molar-refractivity contribution in [3.8, 4) is 0 Å². The molecule has 0 radical (unpaired) electrons. The van der Waals surface area contributed by atoms with Crippen LogP contribution in [-0.2, 0) is 4.74 Å². The van der Waals surface area contributed by atoms with Gasteiger partial charge in [0.1, 0.15) is 0 Å². The van der Waals surface area contributed by atoms with Crippen molar-refractivity contribution in [1.29, 1.82) is 0 Å². The van der Waals surface area contributed by atoms with E-state index >= 15 is 0 Å². The SMILES string of the molecule is C=C/C(Br)=C\c1c(C(=O)OC)c[nH]c1C. The Morgan fingerprint density at radius 1 is 1.67 bits per heavy atom. The molecule has 0 aliphatic heterocycles. The molecule has 0 unspecified atom stereocenters. The fourth-order valence-electron chi connectivity index (χ4n) is 1.20. The van der Waals surface area contributed by atoms with E-state index in [0.717, 1.165) is 15.7 Å². The lowest BCUT2D eigenvalue weighted by atomic mass is 10.1. The Hall–Kier alpha value is -1.29. The van der Waals surface area contributed by atoms with Crippen molar-refractivity contribution in [2.75, 3.05) is 7.11 Å². The highest BCUT2D eigenvalue weighted by atomic mass is 79.9. The summed E-state index contributed by atoms with van der Waals surface area (Å²) in [7, 11) is 1.36. The minimum atomic E-state index is -0.352. The second kappa shape index (κ2) is 4.98. The normalized spacial score (nSPS) is 11.3. The summed E-state index contributed by atoms with van der Waals surface area (Å²) in [5.74, 6) is -0.352. The number of allylic oxidation sites excluding steroid dienone is 2. The Bertz CT molecular complexity index is 418. The van der Waals surface area contributed by atoms with Crippen molar-refractivity contribution < 1.29 is 9.53 Å². The third-order valence-electron chi connectivity index (χ3n) is 2.01. The first-order valence-corrected chi connectivity index (χ1v) is 5.15. The number of nitrogens with one attached hydrogen (secondary N) is 1. The molecule has 0 amide bonds. The number of carbonyl (C=O) groups is 1. The number of ether oxygens (including phenoxy) is 1. The Morgan fingerprint density at radius 2 is 2.33 bits per heavy atom. The number of H-pyrrole nitrogens is 1. The molecule has 0 spiro atoms. The van der Waals surface area contributed by atoms with Crippen LogP contribution < -0.4 is 0 Å². The van der Waals surface area contributed by atoms with Crippen LogP contribution in [0.4, 0.5) is 0 Å². The van der Waals surface area contributed by atoms with Gasteiger partial charge < -0.3 is 9.72 Å². The average molecular weight is 270 g/mol. The molecule has 1 aromatic heterocycles. The molecule has 0 saturated heterocycles. The summed E-state index contributed by atoms with van der Waals surface area (Å²) >= 11 is 3.31. The highest BCUT2D eigenvalue weighted by Crippen LogP contribution is 2.20. The molecular weight excluding hydrogens is 258 g/mol. The molecular formula is C11H12BrNO2. The molecule has 0 aliphatic carbocycles. The second-order valence-corrected chi connectivity index (χ2v) is 3.88. The van der Waals surface area contributed by atoms with E-state index in [1.807, 2.05) is 13.0 Å². The molecule has 0 saturated carbocycles. The molecule has 0 aliphatic rings. The van der Waals surface area contributed by atoms with E-state index in [4.69, 9.17) is 0 Å². The van der Waals surface area contributed by atoms with Gasteiger partial charge in [-0.1, -0.05) is 28.6 Å². The number of aromatic nitrogens is 1. The van der Waals surface area contributed by atoms with Gasteiger partial charge in [0.15, 0.2) is 0 Å². The first-order valence-electron chi connectivity index (χ1n) is 4.36. The minimum absolute atomic E-state index is 0.352. The number of esters is 1. The summed E-state index contributed by atoms with van der Waals surface area (Å²) < 4.78 is 5.49. The number of aromatic amines is 1. The molecule has 3 nitrogen and oxygen atoms in total. The Morgan fingerprint density at radius 3 is 2.87 bits per heavy atom. The van der Waals surface area contributed by atoms with Gasteiger partial charge in [-0.25, -0.2) is 4.79 Å². The third-order valence-corrected chi connectivity index (χ3v) is 2.56. The highest BCUT2D eigenvalue weighted by molar-refractivity contribution is 9.12. The number of carbonyl (C=O) groups excluding carboxylic acids is 1. The average Bonchev–Trinajstić information content (AvgIpc) is 2.59. The quantitative estimate of drug-likeness (QED) is 0.677. The molecule has 0 aromatic carbocycles. The zero-order valence-electron chi connectivity index (χ0n) is 8.63. The Kier molecular flexibility index (Phi) is 3.91. The number of methoxy groups -OCH3 is 1. The maximum absolute atomic E-state index is 11.4. The standard InChI is InChI=1S/C11H12BrNO2/c1-4-8(12)5-9-7(2)13-6-10(9)11(14)15-3/h4-6,13H,1H2,2-3H3/b8-5+. The molecule has 0 atom stereocenters. The van der Waals surface area contributed by atoms with E-state index in [1.165, 1.54) is 7.11 Å². The van der Waals surface area contributed by atoms with E-state index in [0.29, 0.717) is 5.56 Å².